The Labute approximate surface area is 124 Å². The molecule has 0 aromatic carbocycles. The average Bonchev–Trinajstić information content (AvgIpc) is 2.44. The van der Waals surface area contributed by atoms with E-state index in [1.165, 1.54) is 0 Å². The Bertz CT molecular complexity index is 468. The largest absolute Gasteiger partial charge is 0.473 e. The summed E-state index contributed by atoms with van der Waals surface area (Å²) in [6, 6.07) is 0.0736. The molecule has 0 unspecified atom stereocenters. The van der Waals surface area contributed by atoms with E-state index in [9.17, 15) is 10.1 Å². The van der Waals surface area contributed by atoms with Gasteiger partial charge < -0.3 is 14.8 Å². The third-order valence-electron chi connectivity index (χ3n) is 2.64. The van der Waals surface area contributed by atoms with Crippen LogP contribution in [-0.4, -0.2) is 34.6 Å². The summed E-state index contributed by atoms with van der Waals surface area (Å²) in [7, 11) is 0. The predicted molar refractivity (Wildman–Crippen MR) is 79.0 cm³/mol. The van der Waals surface area contributed by atoms with E-state index >= 15 is 0 Å². The van der Waals surface area contributed by atoms with E-state index in [1.807, 2.05) is 0 Å². The van der Waals surface area contributed by atoms with Crippen molar-refractivity contribution in [2.75, 3.05) is 25.1 Å². The minimum atomic E-state index is -0.539. The molecule has 0 saturated carbocycles. The number of rotatable bonds is 10. The van der Waals surface area contributed by atoms with Gasteiger partial charge in [0.1, 0.15) is 0 Å². The molecule has 0 fully saturated rings. The van der Waals surface area contributed by atoms with Crippen LogP contribution in [0.5, 0.6) is 11.9 Å². The molecular weight excluding hydrogens is 276 g/mol. The second-order valence-corrected chi connectivity index (χ2v) is 4.27. The minimum Gasteiger partial charge on any atom is -0.473 e. The van der Waals surface area contributed by atoms with Crippen molar-refractivity contribution in [1.82, 2.24) is 9.97 Å². The van der Waals surface area contributed by atoms with Gasteiger partial charge in [-0.1, -0.05) is 19.8 Å². The summed E-state index contributed by atoms with van der Waals surface area (Å²) in [6.07, 6.45) is 3.02. The van der Waals surface area contributed by atoms with Crippen molar-refractivity contribution in [2.24, 2.45) is 0 Å². The minimum absolute atomic E-state index is 0.0704. The van der Waals surface area contributed by atoms with Crippen molar-refractivity contribution < 1.29 is 14.4 Å². The maximum atomic E-state index is 11.2. The molecule has 0 radical (unpaired) electrons. The Morgan fingerprint density at radius 2 is 1.86 bits per heavy atom. The summed E-state index contributed by atoms with van der Waals surface area (Å²) in [6.45, 7) is 6.87. The van der Waals surface area contributed by atoms with Gasteiger partial charge in [0.15, 0.2) is 0 Å². The summed E-state index contributed by atoms with van der Waals surface area (Å²) in [5.41, 5.74) is -0.253. The molecule has 1 aromatic heterocycles. The number of hydrogen-bond acceptors (Lipinski definition) is 7. The molecule has 1 rings (SSSR count). The molecule has 0 aliphatic carbocycles. The van der Waals surface area contributed by atoms with Crippen molar-refractivity contribution >= 4 is 11.5 Å². The van der Waals surface area contributed by atoms with Crippen molar-refractivity contribution in [3.63, 3.8) is 0 Å². The van der Waals surface area contributed by atoms with Gasteiger partial charge in [0.2, 0.25) is 5.82 Å². The lowest BCUT2D eigenvalue weighted by Crippen LogP contribution is -2.11. The smallest absolute Gasteiger partial charge is 0.372 e. The van der Waals surface area contributed by atoms with Crippen LogP contribution in [0.1, 0.15) is 40.0 Å². The van der Waals surface area contributed by atoms with Gasteiger partial charge in [-0.3, -0.25) is 10.1 Å². The van der Waals surface area contributed by atoms with Crippen LogP contribution in [0.3, 0.4) is 0 Å². The zero-order valence-electron chi connectivity index (χ0n) is 12.7. The Morgan fingerprint density at radius 1 is 1.14 bits per heavy atom. The summed E-state index contributed by atoms with van der Waals surface area (Å²) in [5, 5.41) is 14.2. The third-order valence-corrected chi connectivity index (χ3v) is 2.64. The number of nitrogens with one attached hydrogen (secondary N) is 1. The summed E-state index contributed by atoms with van der Waals surface area (Å²) >= 11 is 0. The molecule has 0 amide bonds. The quantitative estimate of drug-likeness (QED) is 0.402. The first-order valence-electron chi connectivity index (χ1n) is 7.19. The highest BCUT2D eigenvalue weighted by Crippen LogP contribution is 2.33. The van der Waals surface area contributed by atoms with Crippen molar-refractivity contribution in [3.05, 3.63) is 10.1 Å². The first-order chi connectivity index (χ1) is 10.1. The number of hydrogen-bond donors (Lipinski definition) is 1. The Balaban J connectivity index is 3.06. The second-order valence-electron chi connectivity index (χ2n) is 4.27. The van der Waals surface area contributed by atoms with E-state index in [-0.39, 0.29) is 30.0 Å². The van der Waals surface area contributed by atoms with E-state index in [2.05, 4.69) is 22.2 Å². The van der Waals surface area contributed by atoms with Crippen LogP contribution in [0.2, 0.25) is 0 Å². The lowest BCUT2D eigenvalue weighted by Gasteiger charge is -2.11. The fourth-order valence-corrected chi connectivity index (χ4v) is 1.72. The first kappa shape index (κ1) is 16.9. The van der Waals surface area contributed by atoms with Crippen LogP contribution in [0.25, 0.3) is 0 Å². The highest BCUT2D eigenvalue weighted by atomic mass is 16.6. The van der Waals surface area contributed by atoms with Crippen LogP contribution < -0.4 is 14.8 Å². The molecule has 1 heterocycles. The molecule has 0 aliphatic rings. The fraction of sp³-hybridized carbons (Fsp3) is 0.692. The molecule has 0 bridgehead atoms. The molecule has 118 valence electrons. The lowest BCUT2D eigenvalue weighted by atomic mass is 10.2. The molecule has 0 spiro atoms. The highest BCUT2D eigenvalue weighted by molar-refractivity contribution is 5.62. The number of ether oxygens (including phenoxy) is 2. The number of nitrogens with zero attached hydrogens (tertiary/aromatic N) is 3. The van der Waals surface area contributed by atoms with Crippen LogP contribution in [-0.2, 0) is 0 Å². The van der Waals surface area contributed by atoms with E-state index < -0.39 is 4.92 Å². The van der Waals surface area contributed by atoms with E-state index in [4.69, 9.17) is 9.47 Å². The molecule has 1 N–H and O–H groups in total. The Kier molecular flexibility index (Phi) is 7.20. The van der Waals surface area contributed by atoms with Gasteiger partial charge in [0.05, 0.1) is 18.1 Å². The van der Waals surface area contributed by atoms with Gasteiger partial charge >= 0.3 is 17.6 Å². The molecule has 1 aromatic rings. The number of nitro groups is 1. The van der Waals surface area contributed by atoms with Gasteiger partial charge in [-0.15, -0.1) is 0 Å². The standard InChI is InChI=1S/C13H22N4O4/c1-4-7-8-9-14-11-10(17(18)19)12(20-5-2)16-13(15-11)21-6-3/h4-9H2,1-3H3,(H,14,15,16). The molecular formula is C13H22N4O4. The summed E-state index contributed by atoms with van der Waals surface area (Å²) in [4.78, 5) is 18.7. The zero-order chi connectivity index (χ0) is 15.7. The maximum Gasteiger partial charge on any atom is 0.372 e. The topological polar surface area (TPSA) is 99.4 Å². The molecule has 8 nitrogen and oxygen atoms in total. The second kappa shape index (κ2) is 8.93. The normalized spacial score (nSPS) is 10.2. The number of unbranched alkanes of at least 4 members (excludes halogenated alkanes) is 2. The molecule has 21 heavy (non-hydrogen) atoms. The van der Waals surface area contributed by atoms with Gasteiger partial charge in [0, 0.05) is 6.54 Å². The van der Waals surface area contributed by atoms with Crippen molar-refractivity contribution in [3.8, 4) is 11.9 Å². The number of anilines is 1. The van der Waals surface area contributed by atoms with Gasteiger partial charge in [-0.25, -0.2) is 0 Å². The molecule has 0 saturated heterocycles. The van der Waals surface area contributed by atoms with Gasteiger partial charge in [-0.05, 0) is 20.3 Å². The van der Waals surface area contributed by atoms with Gasteiger partial charge in [0.25, 0.3) is 0 Å². The average molecular weight is 298 g/mol. The Hall–Kier alpha value is -2.12. The first-order valence-corrected chi connectivity index (χ1v) is 7.19. The van der Waals surface area contributed by atoms with Crippen LogP contribution >= 0.6 is 0 Å². The predicted octanol–water partition coefficient (Wildman–Crippen LogP) is 2.78. The zero-order valence-corrected chi connectivity index (χ0v) is 12.7. The Morgan fingerprint density at radius 3 is 2.43 bits per heavy atom. The van der Waals surface area contributed by atoms with E-state index in [0.717, 1.165) is 19.3 Å². The molecule has 8 heteroatoms. The van der Waals surface area contributed by atoms with Crippen molar-refractivity contribution in [2.45, 2.75) is 40.0 Å². The van der Waals surface area contributed by atoms with Crippen LogP contribution in [0.4, 0.5) is 11.5 Å². The maximum absolute atomic E-state index is 11.2. The summed E-state index contributed by atoms with van der Waals surface area (Å²) < 4.78 is 10.5. The number of aromatic nitrogens is 2. The molecule has 0 aliphatic heterocycles. The van der Waals surface area contributed by atoms with Gasteiger partial charge in [-0.2, -0.15) is 9.97 Å². The van der Waals surface area contributed by atoms with Crippen LogP contribution in [0, 0.1) is 10.1 Å². The van der Waals surface area contributed by atoms with Crippen molar-refractivity contribution in [1.29, 1.82) is 0 Å². The van der Waals surface area contributed by atoms with Crippen LogP contribution in [0.15, 0.2) is 0 Å². The fourth-order valence-electron chi connectivity index (χ4n) is 1.72. The third kappa shape index (κ3) is 5.05. The van der Waals surface area contributed by atoms with E-state index in [1.54, 1.807) is 13.8 Å². The highest BCUT2D eigenvalue weighted by Gasteiger charge is 2.26. The summed E-state index contributed by atoms with van der Waals surface area (Å²) in [5.74, 6) is 0.0666. The SMILES string of the molecule is CCCCCNc1nc(OCC)nc(OCC)c1[N+](=O)[O-]. The molecule has 0 atom stereocenters. The monoisotopic (exact) mass is 298 g/mol. The van der Waals surface area contributed by atoms with E-state index in [0.29, 0.717) is 13.2 Å². The lowest BCUT2D eigenvalue weighted by molar-refractivity contribution is -0.385.